The van der Waals surface area contributed by atoms with E-state index in [9.17, 15) is 9.59 Å². The first kappa shape index (κ1) is 16.1. The van der Waals surface area contributed by atoms with Gasteiger partial charge < -0.3 is 15.5 Å². The molecule has 2 heterocycles. The average molecular weight is 345 g/mol. The third-order valence-electron chi connectivity index (χ3n) is 7.62. The van der Waals surface area contributed by atoms with Crippen molar-refractivity contribution in [1.82, 2.24) is 15.5 Å². The summed E-state index contributed by atoms with van der Waals surface area (Å²) in [6.07, 6.45) is 11.4. The average Bonchev–Trinajstić information content (AvgIpc) is 3.24. The number of nitrogens with zero attached hydrogens (tertiary/aromatic N) is 1. The van der Waals surface area contributed by atoms with Crippen LogP contribution in [-0.2, 0) is 9.59 Å². The molecule has 6 rings (SSSR count). The van der Waals surface area contributed by atoms with E-state index >= 15 is 0 Å². The zero-order valence-corrected chi connectivity index (χ0v) is 15.1. The Labute approximate surface area is 150 Å². The van der Waals surface area contributed by atoms with Crippen molar-refractivity contribution < 1.29 is 9.59 Å². The molecular formula is C20H31N3O2. The molecule has 4 bridgehead atoms. The second kappa shape index (κ2) is 5.97. The van der Waals surface area contributed by atoms with Crippen molar-refractivity contribution in [3.05, 3.63) is 0 Å². The third-order valence-corrected chi connectivity index (χ3v) is 7.62. The Morgan fingerprint density at radius 2 is 1.64 bits per heavy atom. The van der Waals surface area contributed by atoms with Crippen LogP contribution in [-0.4, -0.2) is 47.4 Å². The fraction of sp³-hybridized carbons (Fsp3) is 0.900. The Balaban J connectivity index is 1.28. The van der Waals surface area contributed by atoms with E-state index in [2.05, 4.69) is 10.6 Å². The summed E-state index contributed by atoms with van der Waals surface area (Å²) in [6, 6.07) is -0.296. The number of carbonyl (C=O) groups excluding carboxylic acids is 2. The highest BCUT2D eigenvalue weighted by Gasteiger charge is 2.52. The van der Waals surface area contributed by atoms with Gasteiger partial charge in [-0.05, 0) is 88.5 Å². The van der Waals surface area contributed by atoms with Crippen molar-refractivity contribution in [1.29, 1.82) is 0 Å². The Morgan fingerprint density at radius 1 is 0.960 bits per heavy atom. The van der Waals surface area contributed by atoms with Crippen molar-refractivity contribution in [3.8, 4) is 0 Å². The SMILES string of the molecule is O=C(NC12CC3CC(CC(C3)C1)C2)[C@@H]1CCCN1C(=O)[C@@H]1CCCN1. The summed E-state index contributed by atoms with van der Waals surface area (Å²) in [4.78, 5) is 27.8. The first-order valence-electron chi connectivity index (χ1n) is 10.5. The number of rotatable bonds is 3. The minimum Gasteiger partial charge on any atom is -0.349 e. The first-order valence-corrected chi connectivity index (χ1v) is 10.5. The highest BCUT2D eigenvalue weighted by molar-refractivity contribution is 5.90. The zero-order valence-electron chi connectivity index (χ0n) is 15.1. The van der Waals surface area contributed by atoms with Crippen LogP contribution in [0.4, 0.5) is 0 Å². The normalized spacial score (nSPS) is 45.1. The predicted molar refractivity (Wildman–Crippen MR) is 94.8 cm³/mol. The number of carbonyl (C=O) groups is 2. The van der Waals surface area contributed by atoms with Crippen LogP contribution in [0.3, 0.4) is 0 Å². The minimum atomic E-state index is -0.233. The zero-order chi connectivity index (χ0) is 17.0. The van der Waals surface area contributed by atoms with Gasteiger partial charge in [-0.3, -0.25) is 9.59 Å². The van der Waals surface area contributed by atoms with E-state index in [-0.39, 0.29) is 29.4 Å². The molecule has 0 spiro atoms. The molecular weight excluding hydrogens is 314 g/mol. The van der Waals surface area contributed by atoms with Gasteiger partial charge in [0.05, 0.1) is 6.04 Å². The van der Waals surface area contributed by atoms with Crippen LogP contribution in [0.25, 0.3) is 0 Å². The standard InChI is InChI=1S/C20H31N3O2/c24-18(17-4-2-6-23(17)19(25)16-3-1-5-21-16)22-20-10-13-7-14(11-20)9-15(8-13)12-20/h13-17,21H,1-12H2,(H,22,24)/t13?,14?,15?,16-,17-,20?/m0/s1. The van der Waals surface area contributed by atoms with Crippen LogP contribution in [0.1, 0.15) is 64.2 Å². The van der Waals surface area contributed by atoms with Crippen LogP contribution >= 0.6 is 0 Å². The minimum absolute atomic E-state index is 0.0503. The van der Waals surface area contributed by atoms with Crippen LogP contribution in [0.2, 0.25) is 0 Å². The van der Waals surface area contributed by atoms with Gasteiger partial charge in [-0.2, -0.15) is 0 Å². The molecule has 2 N–H and O–H groups in total. The topological polar surface area (TPSA) is 61.4 Å². The van der Waals surface area contributed by atoms with Gasteiger partial charge in [0.2, 0.25) is 11.8 Å². The van der Waals surface area contributed by atoms with Gasteiger partial charge >= 0.3 is 0 Å². The highest BCUT2D eigenvalue weighted by atomic mass is 16.2. The fourth-order valence-corrected chi connectivity index (χ4v) is 7.01. The maximum atomic E-state index is 13.1. The summed E-state index contributed by atoms with van der Waals surface area (Å²) in [5.41, 5.74) is 0.0503. The molecule has 2 atom stereocenters. The molecule has 2 amide bonds. The van der Waals surface area contributed by atoms with E-state index in [1.807, 2.05) is 4.90 Å². The van der Waals surface area contributed by atoms with Gasteiger partial charge in [0.15, 0.2) is 0 Å². The summed E-state index contributed by atoms with van der Waals surface area (Å²) in [6.45, 7) is 1.67. The van der Waals surface area contributed by atoms with E-state index in [0.29, 0.717) is 0 Å². The lowest BCUT2D eigenvalue weighted by Crippen LogP contribution is -2.62. The van der Waals surface area contributed by atoms with Crippen molar-refractivity contribution in [2.24, 2.45) is 17.8 Å². The lowest BCUT2D eigenvalue weighted by molar-refractivity contribution is -0.142. The molecule has 2 saturated heterocycles. The Hall–Kier alpha value is -1.10. The van der Waals surface area contributed by atoms with E-state index in [1.54, 1.807) is 0 Å². The van der Waals surface area contributed by atoms with Crippen LogP contribution in [0, 0.1) is 17.8 Å². The maximum absolute atomic E-state index is 13.1. The number of hydrogen-bond donors (Lipinski definition) is 2. The van der Waals surface area contributed by atoms with Crippen molar-refractivity contribution in [2.45, 2.75) is 81.8 Å². The Kier molecular flexibility index (Phi) is 3.84. The molecule has 138 valence electrons. The largest absolute Gasteiger partial charge is 0.349 e. The quantitative estimate of drug-likeness (QED) is 0.820. The number of hydrogen-bond acceptors (Lipinski definition) is 3. The second-order valence-electron chi connectivity index (χ2n) is 9.53. The lowest BCUT2D eigenvalue weighted by Gasteiger charge is -2.57. The fourth-order valence-electron chi connectivity index (χ4n) is 7.01. The van der Waals surface area contributed by atoms with Crippen molar-refractivity contribution >= 4 is 11.8 Å². The molecule has 0 unspecified atom stereocenters. The van der Waals surface area contributed by atoms with Crippen LogP contribution in [0.15, 0.2) is 0 Å². The predicted octanol–water partition coefficient (Wildman–Crippen LogP) is 1.81. The van der Waals surface area contributed by atoms with Gasteiger partial charge in [0.1, 0.15) is 6.04 Å². The molecule has 6 aliphatic rings. The van der Waals surface area contributed by atoms with Gasteiger partial charge in [-0.15, -0.1) is 0 Å². The van der Waals surface area contributed by atoms with Crippen LogP contribution in [0.5, 0.6) is 0 Å². The lowest BCUT2D eigenvalue weighted by atomic mass is 9.53. The van der Waals surface area contributed by atoms with Crippen molar-refractivity contribution in [2.75, 3.05) is 13.1 Å². The summed E-state index contributed by atoms with van der Waals surface area (Å²) in [7, 11) is 0. The number of likely N-dealkylation sites (tertiary alicyclic amines) is 1. The van der Waals surface area contributed by atoms with Gasteiger partial charge in [0.25, 0.3) is 0 Å². The van der Waals surface area contributed by atoms with Crippen molar-refractivity contribution in [3.63, 3.8) is 0 Å². The number of nitrogens with one attached hydrogen (secondary N) is 2. The van der Waals surface area contributed by atoms with Gasteiger partial charge in [0, 0.05) is 12.1 Å². The molecule has 5 nitrogen and oxygen atoms in total. The monoisotopic (exact) mass is 345 g/mol. The Morgan fingerprint density at radius 3 is 2.24 bits per heavy atom. The van der Waals surface area contributed by atoms with Gasteiger partial charge in [-0.1, -0.05) is 0 Å². The molecule has 6 fully saturated rings. The van der Waals surface area contributed by atoms with E-state index in [4.69, 9.17) is 0 Å². The summed E-state index contributed by atoms with van der Waals surface area (Å²) < 4.78 is 0. The maximum Gasteiger partial charge on any atom is 0.243 e. The molecule has 0 aromatic heterocycles. The van der Waals surface area contributed by atoms with E-state index in [0.717, 1.165) is 56.5 Å². The number of amides is 2. The molecule has 4 aliphatic carbocycles. The molecule has 2 aliphatic heterocycles. The molecule has 5 heteroatoms. The molecule has 0 aromatic rings. The highest BCUT2D eigenvalue weighted by Crippen LogP contribution is 2.55. The molecule has 0 radical (unpaired) electrons. The third kappa shape index (κ3) is 2.79. The first-order chi connectivity index (χ1) is 12.1. The van der Waals surface area contributed by atoms with Crippen LogP contribution < -0.4 is 10.6 Å². The Bertz CT molecular complexity index is 534. The molecule has 25 heavy (non-hydrogen) atoms. The van der Waals surface area contributed by atoms with Gasteiger partial charge in [-0.25, -0.2) is 0 Å². The summed E-state index contributed by atoms with van der Waals surface area (Å²) >= 11 is 0. The second-order valence-corrected chi connectivity index (χ2v) is 9.53. The van der Waals surface area contributed by atoms with E-state index in [1.165, 1.54) is 38.5 Å². The molecule has 0 aromatic carbocycles. The summed E-state index contributed by atoms with van der Waals surface area (Å²) in [5, 5.41) is 6.79. The molecule has 4 saturated carbocycles. The summed E-state index contributed by atoms with van der Waals surface area (Å²) in [5.74, 6) is 2.77. The van der Waals surface area contributed by atoms with E-state index < -0.39 is 0 Å². The smallest absolute Gasteiger partial charge is 0.243 e.